The van der Waals surface area contributed by atoms with Crippen molar-refractivity contribution in [1.82, 2.24) is 15.3 Å². The summed E-state index contributed by atoms with van der Waals surface area (Å²) in [5.41, 5.74) is 0. The number of nitrogens with one attached hydrogen (secondary N) is 1. The molecule has 0 bridgehead atoms. The molecule has 1 aromatic rings. The van der Waals surface area contributed by atoms with Crippen LogP contribution in [0.15, 0.2) is 16.9 Å². The second kappa shape index (κ2) is 7.77. The first-order valence-electron chi connectivity index (χ1n) is 6.75. The SMILES string of the molecule is COCCNCC1CCCCN1c1ncc(Br)cn1. The van der Waals surface area contributed by atoms with E-state index in [0.717, 1.165) is 36.7 Å². The van der Waals surface area contributed by atoms with E-state index in [0.29, 0.717) is 6.04 Å². The highest BCUT2D eigenvalue weighted by Gasteiger charge is 2.23. The number of hydrogen-bond acceptors (Lipinski definition) is 5. The van der Waals surface area contributed by atoms with Crippen LogP contribution in [0.3, 0.4) is 0 Å². The molecular formula is C13H21BrN4O. The average molecular weight is 329 g/mol. The molecule has 1 atom stereocenters. The number of ether oxygens (including phenoxy) is 1. The quantitative estimate of drug-likeness (QED) is 0.807. The molecule has 1 aliphatic heterocycles. The molecule has 106 valence electrons. The summed E-state index contributed by atoms with van der Waals surface area (Å²) in [5.74, 6) is 0.835. The Morgan fingerprint density at radius 3 is 2.95 bits per heavy atom. The number of nitrogens with zero attached hydrogens (tertiary/aromatic N) is 3. The van der Waals surface area contributed by atoms with Crippen molar-refractivity contribution in [2.75, 3.05) is 38.3 Å². The second-order valence-electron chi connectivity index (χ2n) is 4.74. The van der Waals surface area contributed by atoms with Crippen molar-refractivity contribution in [3.05, 3.63) is 16.9 Å². The molecule has 1 aliphatic rings. The summed E-state index contributed by atoms with van der Waals surface area (Å²) in [7, 11) is 1.73. The molecular weight excluding hydrogens is 308 g/mol. The van der Waals surface area contributed by atoms with E-state index in [4.69, 9.17) is 4.74 Å². The van der Waals surface area contributed by atoms with Gasteiger partial charge < -0.3 is 15.0 Å². The van der Waals surface area contributed by atoms with Gasteiger partial charge in [0.1, 0.15) is 0 Å². The fourth-order valence-electron chi connectivity index (χ4n) is 2.37. The van der Waals surface area contributed by atoms with Crippen molar-refractivity contribution in [1.29, 1.82) is 0 Å². The summed E-state index contributed by atoms with van der Waals surface area (Å²) in [6.07, 6.45) is 7.32. The zero-order valence-corrected chi connectivity index (χ0v) is 12.9. The van der Waals surface area contributed by atoms with Gasteiger partial charge in [-0.1, -0.05) is 0 Å². The van der Waals surface area contributed by atoms with E-state index in [9.17, 15) is 0 Å². The van der Waals surface area contributed by atoms with Crippen molar-refractivity contribution < 1.29 is 4.74 Å². The van der Waals surface area contributed by atoms with Gasteiger partial charge in [0, 0.05) is 45.2 Å². The molecule has 19 heavy (non-hydrogen) atoms. The first-order valence-corrected chi connectivity index (χ1v) is 7.54. The van der Waals surface area contributed by atoms with E-state index in [1.165, 1.54) is 19.3 Å². The molecule has 0 saturated carbocycles. The van der Waals surface area contributed by atoms with E-state index in [2.05, 4.69) is 36.1 Å². The summed E-state index contributed by atoms with van der Waals surface area (Å²) in [5, 5.41) is 3.44. The second-order valence-corrected chi connectivity index (χ2v) is 5.66. The predicted molar refractivity (Wildman–Crippen MR) is 79.5 cm³/mol. The first kappa shape index (κ1) is 14.7. The molecule has 0 aromatic carbocycles. The lowest BCUT2D eigenvalue weighted by molar-refractivity contribution is 0.198. The van der Waals surface area contributed by atoms with Gasteiger partial charge in [-0.25, -0.2) is 9.97 Å². The number of aromatic nitrogens is 2. The van der Waals surface area contributed by atoms with Gasteiger partial charge in [-0.3, -0.25) is 0 Å². The Labute approximate surface area is 122 Å². The maximum absolute atomic E-state index is 5.05. The smallest absolute Gasteiger partial charge is 0.225 e. The molecule has 0 radical (unpaired) electrons. The predicted octanol–water partition coefficient (Wildman–Crippen LogP) is 1.83. The van der Waals surface area contributed by atoms with Crippen LogP contribution in [0, 0.1) is 0 Å². The van der Waals surface area contributed by atoms with Crippen molar-refractivity contribution in [2.24, 2.45) is 0 Å². The van der Waals surface area contributed by atoms with Crippen LogP contribution < -0.4 is 10.2 Å². The lowest BCUT2D eigenvalue weighted by atomic mass is 10.0. The summed E-state index contributed by atoms with van der Waals surface area (Å²) in [6.45, 7) is 3.64. The van der Waals surface area contributed by atoms with Gasteiger partial charge >= 0.3 is 0 Å². The zero-order valence-electron chi connectivity index (χ0n) is 11.3. The van der Waals surface area contributed by atoms with Gasteiger partial charge in [-0.15, -0.1) is 0 Å². The van der Waals surface area contributed by atoms with Gasteiger partial charge in [-0.2, -0.15) is 0 Å². The van der Waals surface area contributed by atoms with Crippen LogP contribution in [0.1, 0.15) is 19.3 Å². The largest absolute Gasteiger partial charge is 0.383 e. The molecule has 1 N–H and O–H groups in total. The molecule has 1 unspecified atom stereocenters. The van der Waals surface area contributed by atoms with Gasteiger partial charge in [-0.05, 0) is 35.2 Å². The molecule has 2 heterocycles. The number of halogens is 1. The van der Waals surface area contributed by atoms with E-state index < -0.39 is 0 Å². The summed E-state index contributed by atoms with van der Waals surface area (Å²) in [4.78, 5) is 11.1. The molecule has 0 amide bonds. The molecule has 2 rings (SSSR count). The summed E-state index contributed by atoms with van der Waals surface area (Å²) in [6, 6.07) is 0.479. The molecule has 5 nitrogen and oxygen atoms in total. The zero-order chi connectivity index (χ0) is 13.5. The Morgan fingerprint density at radius 1 is 1.42 bits per heavy atom. The number of anilines is 1. The molecule has 0 spiro atoms. The average Bonchev–Trinajstić information content (AvgIpc) is 2.45. The van der Waals surface area contributed by atoms with Crippen LogP contribution in [-0.2, 0) is 4.74 Å². The Balaban J connectivity index is 1.93. The number of hydrogen-bond donors (Lipinski definition) is 1. The summed E-state index contributed by atoms with van der Waals surface area (Å²) < 4.78 is 5.97. The third kappa shape index (κ3) is 4.40. The normalized spacial score (nSPS) is 19.7. The fraction of sp³-hybridized carbons (Fsp3) is 0.692. The van der Waals surface area contributed by atoms with Crippen LogP contribution in [0.4, 0.5) is 5.95 Å². The van der Waals surface area contributed by atoms with Gasteiger partial charge in [0.25, 0.3) is 0 Å². The summed E-state index contributed by atoms with van der Waals surface area (Å²) >= 11 is 3.37. The molecule has 1 fully saturated rings. The first-order chi connectivity index (χ1) is 9.31. The van der Waals surface area contributed by atoms with Crippen LogP contribution in [-0.4, -0.2) is 49.4 Å². The van der Waals surface area contributed by atoms with Crippen LogP contribution in [0.5, 0.6) is 0 Å². The molecule has 0 aliphatic carbocycles. The van der Waals surface area contributed by atoms with Gasteiger partial charge in [0.15, 0.2) is 0 Å². The monoisotopic (exact) mass is 328 g/mol. The number of rotatable bonds is 6. The minimum Gasteiger partial charge on any atom is -0.383 e. The Hall–Kier alpha value is -0.720. The van der Waals surface area contributed by atoms with Crippen molar-refractivity contribution in [2.45, 2.75) is 25.3 Å². The topological polar surface area (TPSA) is 50.3 Å². The molecule has 1 aromatic heterocycles. The van der Waals surface area contributed by atoms with Crippen molar-refractivity contribution in [3.63, 3.8) is 0 Å². The molecule has 6 heteroatoms. The van der Waals surface area contributed by atoms with Gasteiger partial charge in [0.2, 0.25) is 5.95 Å². The van der Waals surface area contributed by atoms with Crippen molar-refractivity contribution in [3.8, 4) is 0 Å². The van der Waals surface area contributed by atoms with E-state index in [-0.39, 0.29) is 0 Å². The maximum atomic E-state index is 5.05. The highest BCUT2D eigenvalue weighted by Crippen LogP contribution is 2.21. The van der Waals surface area contributed by atoms with E-state index in [1.807, 2.05) is 12.4 Å². The third-order valence-corrected chi connectivity index (χ3v) is 3.76. The maximum Gasteiger partial charge on any atom is 0.225 e. The Kier molecular flexibility index (Phi) is 6.00. The lowest BCUT2D eigenvalue weighted by Crippen LogP contribution is -2.46. The minimum atomic E-state index is 0.479. The standard InChI is InChI=1S/C13H21BrN4O/c1-19-7-5-15-10-12-4-2-3-6-18(12)13-16-8-11(14)9-17-13/h8-9,12,15H,2-7,10H2,1H3. The van der Waals surface area contributed by atoms with Crippen LogP contribution in [0.2, 0.25) is 0 Å². The van der Waals surface area contributed by atoms with Crippen molar-refractivity contribution >= 4 is 21.9 Å². The van der Waals surface area contributed by atoms with E-state index in [1.54, 1.807) is 7.11 Å². The minimum absolute atomic E-state index is 0.479. The van der Waals surface area contributed by atoms with Gasteiger partial charge in [0.05, 0.1) is 11.1 Å². The Morgan fingerprint density at radius 2 is 2.21 bits per heavy atom. The van der Waals surface area contributed by atoms with Crippen LogP contribution >= 0.6 is 15.9 Å². The van der Waals surface area contributed by atoms with Crippen LogP contribution in [0.25, 0.3) is 0 Å². The highest BCUT2D eigenvalue weighted by molar-refractivity contribution is 9.10. The van der Waals surface area contributed by atoms with E-state index >= 15 is 0 Å². The third-order valence-electron chi connectivity index (χ3n) is 3.35. The molecule has 1 saturated heterocycles. The fourth-order valence-corrected chi connectivity index (χ4v) is 2.58. The number of piperidine rings is 1. The highest BCUT2D eigenvalue weighted by atomic mass is 79.9. The number of methoxy groups -OCH3 is 1. The lowest BCUT2D eigenvalue weighted by Gasteiger charge is -2.35. The Bertz CT molecular complexity index is 373.